The van der Waals surface area contributed by atoms with Crippen LogP contribution in [0.4, 0.5) is 0 Å². The molecular formula is C71H122O6. The van der Waals surface area contributed by atoms with Crippen LogP contribution >= 0.6 is 0 Å². The third-order valence-corrected chi connectivity index (χ3v) is 14.1. The van der Waals surface area contributed by atoms with Crippen molar-refractivity contribution < 1.29 is 28.6 Å². The van der Waals surface area contributed by atoms with Gasteiger partial charge in [-0.3, -0.25) is 14.4 Å². The summed E-state index contributed by atoms with van der Waals surface area (Å²) >= 11 is 0. The van der Waals surface area contributed by atoms with E-state index in [4.69, 9.17) is 14.2 Å². The SMILES string of the molecule is CC/C=C\C/C=C\C/C=C\C/C=C\C/C=C\C/C=C\C/C=C\C/C=C\CCCCC(=O)OCC(COC(=O)CCCCCCCCCCC)OC(=O)CCCCCCCCCCCCCCCCCCCCCCCCC. The summed E-state index contributed by atoms with van der Waals surface area (Å²) in [6.45, 7) is 6.50. The minimum atomic E-state index is -0.793. The van der Waals surface area contributed by atoms with E-state index in [0.717, 1.165) is 109 Å². The second-order valence-corrected chi connectivity index (χ2v) is 21.7. The van der Waals surface area contributed by atoms with Gasteiger partial charge in [0.1, 0.15) is 13.2 Å². The van der Waals surface area contributed by atoms with Gasteiger partial charge in [-0.15, -0.1) is 0 Å². The van der Waals surface area contributed by atoms with Crippen LogP contribution in [0.1, 0.15) is 316 Å². The molecule has 0 saturated heterocycles. The molecule has 0 fully saturated rings. The summed E-state index contributed by atoms with van der Waals surface area (Å²) in [5.74, 6) is -0.924. The van der Waals surface area contributed by atoms with E-state index in [1.165, 1.54) is 167 Å². The summed E-state index contributed by atoms with van der Waals surface area (Å²) in [6, 6.07) is 0. The molecule has 0 N–H and O–H groups in total. The van der Waals surface area contributed by atoms with Crippen LogP contribution in [0.2, 0.25) is 0 Å². The molecular weight excluding hydrogens is 949 g/mol. The lowest BCUT2D eigenvalue weighted by molar-refractivity contribution is -0.167. The Balaban J connectivity index is 4.29. The van der Waals surface area contributed by atoms with Crippen LogP contribution in [-0.4, -0.2) is 37.2 Å². The summed E-state index contributed by atoms with van der Waals surface area (Å²) in [6.07, 6.45) is 87.2. The third kappa shape index (κ3) is 63.0. The van der Waals surface area contributed by atoms with Gasteiger partial charge < -0.3 is 14.2 Å². The van der Waals surface area contributed by atoms with E-state index in [0.29, 0.717) is 19.3 Å². The quantitative estimate of drug-likeness (QED) is 0.0261. The zero-order valence-electron chi connectivity index (χ0n) is 50.7. The van der Waals surface area contributed by atoms with Crippen molar-refractivity contribution >= 4 is 17.9 Å². The van der Waals surface area contributed by atoms with Crippen molar-refractivity contribution in [2.24, 2.45) is 0 Å². The predicted molar refractivity (Wildman–Crippen MR) is 334 cm³/mol. The third-order valence-electron chi connectivity index (χ3n) is 14.1. The van der Waals surface area contributed by atoms with E-state index in [2.05, 4.69) is 118 Å². The number of carbonyl (C=O) groups excluding carboxylic acids is 3. The zero-order chi connectivity index (χ0) is 55.7. The highest BCUT2D eigenvalue weighted by Crippen LogP contribution is 2.17. The van der Waals surface area contributed by atoms with Crippen molar-refractivity contribution in [1.82, 2.24) is 0 Å². The number of unbranched alkanes of at least 4 members (excludes halogenated alkanes) is 32. The Kier molecular flexibility index (Phi) is 61.8. The van der Waals surface area contributed by atoms with Gasteiger partial charge in [0, 0.05) is 19.3 Å². The van der Waals surface area contributed by atoms with Gasteiger partial charge in [0.15, 0.2) is 6.10 Å². The number of hydrogen-bond donors (Lipinski definition) is 0. The maximum atomic E-state index is 12.9. The lowest BCUT2D eigenvalue weighted by Crippen LogP contribution is -2.30. The molecule has 0 aliphatic carbocycles. The molecule has 1 atom stereocenters. The number of carbonyl (C=O) groups is 3. The number of ether oxygens (including phenoxy) is 3. The summed E-state index contributed by atoms with van der Waals surface area (Å²) in [4.78, 5) is 38.2. The van der Waals surface area contributed by atoms with Crippen LogP contribution in [0.25, 0.3) is 0 Å². The molecule has 1 unspecified atom stereocenters. The maximum absolute atomic E-state index is 12.9. The normalized spacial score (nSPS) is 12.7. The predicted octanol–water partition coefficient (Wildman–Crippen LogP) is 22.4. The van der Waals surface area contributed by atoms with Gasteiger partial charge in [-0.05, 0) is 83.5 Å². The molecule has 77 heavy (non-hydrogen) atoms. The monoisotopic (exact) mass is 1070 g/mol. The highest BCUT2D eigenvalue weighted by molar-refractivity contribution is 5.71. The average molecular weight is 1070 g/mol. The van der Waals surface area contributed by atoms with Gasteiger partial charge in [0.2, 0.25) is 0 Å². The first kappa shape index (κ1) is 73.3. The molecule has 0 radical (unpaired) electrons. The molecule has 0 bridgehead atoms. The number of allylic oxidation sites excluding steroid dienone is 16. The number of esters is 3. The van der Waals surface area contributed by atoms with Crippen molar-refractivity contribution in [1.29, 1.82) is 0 Å². The fraction of sp³-hybridized carbons (Fsp3) is 0.732. The van der Waals surface area contributed by atoms with Crippen LogP contribution in [0.3, 0.4) is 0 Å². The second-order valence-electron chi connectivity index (χ2n) is 21.7. The second kappa shape index (κ2) is 64.9. The largest absolute Gasteiger partial charge is 0.462 e. The van der Waals surface area contributed by atoms with E-state index in [9.17, 15) is 14.4 Å². The number of hydrogen-bond acceptors (Lipinski definition) is 6. The topological polar surface area (TPSA) is 78.9 Å². The van der Waals surface area contributed by atoms with Gasteiger partial charge in [-0.1, -0.05) is 311 Å². The van der Waals surface area contributed by atoms with E-state index >= 15 is 0 Å². The number of rotatable bonds is 59. The molecule has 0 aliphatic rings. The van der Waals surface area contributed by atoms with Crippen molar-refractivity contribution in [3.63, 3.8) is 0 Å². The fourth-order valence-corrected chi connectivity index (χ4v) is 9.23. The van der Waals surface area contributed by atoms with Crippen LogP contribution in [0.15, 0.2) is 97.2 Å². The van der Waals surface area contributed by atoms with Crippen LogP contribution in [-0.2, 0) is 28.6 Å². The average Bonchev–Trinajstić information content (AvgIpc) is 3.43. The van der Waals surface area contributed by atoms with Crippen LogP contribution < -0.4 is 0 Å². The molecule has 0 rings (SSSR count). The molecule has 0 amide bonds. The highest BCUT2D eigenvalue weighted by atomic mass is 16.6. The maximum Gasteiger partial charge on any atom is 0.306 e. The molecule has 0 aromatic heterocycles. The van der Waals surface area contributed by atoms with Gasteiger partial charge in [0.25, 0.3) is 0 Å². The van der Waals surface area contributed by atoms with E-state index in [1.807, 2.05) is 0 Å². The van der Waals surface area contributed by atoms with E-state index < -0.39 is 6.10 Å². The molecule has 0 heterocycles. The molecule has 6 heteroatoms. The summed E-state index contributed by atoms with van der Waals surface area (Å²) in [7, 11) is 0. The zero-order valence-corrected chi connectivity index (χ0v) is 50.7. The minimum absolute atomic E-state index is 0.0880. The van der Waals surface area contributed by atoms with Gasteiger partial charge in [0.05, 0.1) is 0 Å². The van der Waals surface area contributed by atoms with E-state index in [-0.39, 0.29) is 31.1 Å². The Hall–Kier alpha value is -3.67. The lowest BCUT2D eigenvalue weighted by Gasteiger charge is -2.18. The first-order chi connectivity index (χ1) is 38.0. The lowest BCUT2D eigenvalue weighted by atomic mass is 10.0. The Morgan fingerprint density at radius 2 is 0.506 bits per heavy atom. The molecule has 6 nitrogen and oxygen atoms in total. The minimum Gasteiger partial charge on any atom is -0.462 e. The molecule has 0 aromatic carbocycles. The Morgan fingerprint density at radius 3 is 0.792 bits per heavy atom. The van der Waals surface area contributed by atoms with Crippen LogP contribution in [0, 0.1) is 0 Å². The van der Waals surface area contributed by atoms with Crippen LogP contribution in [0.5, 0.6) is 0 Å². The van der Waals surface area contributed by atoms with Crippen molar-refractivity contribution in [2.75, 3.05) is 13.2 Å². The van der Waals surface area contributed by atoms with Gasteiger partial charge in [-0.2, -0.15) is 0 Å². The summed E-state index contributed by atoms with van der Waals surface area (Å²) < 4.78 is 16.9. The summed E-state index contributed by atoms with van der Waals surface area (Å²) in [5.41, 5.74) is 0. The standard InChI is InChI=1S/C71H122O6/c1-4-7-10-13-16-19-21-23-25-27-29-31-33-34-35-36-38-39-41-43-45-47-49-52-55-58-61-64-70(73)76-67-68(66-75-69(72)63-60-57-54-51-18-15-12-9-6-3)77-71(74)65-62-59-56-53-50-48-46-44-42-40-37-32-30-28-26-24-22-20-17-14-11-8-5-2/h7,10,16,19,23,25,29,31,34-35,38-39,43,45,49,52,68H,4-6,8-9,11-15,17-18,20-22,24,26-28,30,32-33,36-37,40-42,44,46-48,50-51,53-67H2,1-3H3/b10-7-,19-16-,25-23-,31-29-,35-34-,39-38-,45-43-,52-49-. The Morgan fingerprint density at radius 1 is 0.273 bits per heavy atom. The fourth-order valence-electron chi connectivity index (χ4n) is 9.23. The van der Waals surface area contributed by atoms with Crippen molar-refractivity contribution in [2.45, 2.75) is 322 Å². The molecule has 442 valence electrons. The smallest absolute Gasteiger partial charge is 0.306 e. The molecule has 0 aromatic rings. The summed E-state index contributed by atoms with van der Waals surface area (Å²) in [5, 5.41) is 0. The van der Waals surface area contributed by atoms with Crippen molar-refractivity contribution in [3.05, 3.63) is 97.2 Å². The first-order valence-electron chi connectivity index (χ1n) is 32.7. The highest BCUT2D eigenvalue weighted by Gasteiger charge is 2.19. The molecule has 0 saturated carbocycles. The molecule has 0 spiro atoms. The Labute approximate surface area is 477 Å². The first-order valence-corrected chi connectivity index (χ1v) is 32.7. The molecule has 0 aliphatic heterocycles. The van der Waals surface area contributed by atoms with Gasteiger partial charge >= 0.3 is 17.9 Å². The Bertz CT molecular complexity index is 1510. The van der Waals surface area contributed by atoms with Gasteiger partial charge in [-0.25, -0.2) is 0 Å². The van der Waals surface area contributed by atoms with E-state index in [1.54, 1.807) is 0 Å². The van der Waals surface area contributed by atoms with Crippen molar-refractivity contribution in [3.8, 4) is 0 Å².